The molecule has 0 amide bonds. The maximum Gasteiger partial charge on any atom is 0.0375 e. The summed E-state index contributed by atoms with van der Waals surface area (Å²) in [5, 5.41) is 3.39. The van der Waals surface area contributed by atoms with E-state index >= 15 is 0 Å². The molecule has 0 saturated heterocycles. The van der Waals surface area contributed by atoms with Crippen LogP contribution in [-0.2, 0) is 0 Å². The number of nitrogens with zero attached hydrogens (tertiary/aromatic N) is 3. The highest BCUT2D eigenvalue weighted by Crippen LogP contribution is 2.08. The zero-order valence-corrected chi connectivity index (χ0v) is 8.19. The summed E-state index contributed by atoms with van der Waals surface area (Å²) < 4.78 is 0. The van der Waals surface area contributed by atoms with Crippen LogP contribution < -0.4 is 0 Å². The summed E-state index contributed by atoms with van der Waals surface area (Å²) in [4.78, 5) is 2.63. The van der Waals surface area contributed by atoms with Gasteiger partial charge in [0.15, 0.2) is 0 Å². The first-order valence-electron chi connectivity index (χ1n) is 4.53. The van der Waals surface area contributed by atoms with Crippen molar-refractivity contribution in [1.82, 2.24) is 0 Å². The van der Waals surface area contributed by atoms with E-state index in [1.165, 1.54) is 0 Å². The van der Waals surface area contributed by atoms with Crippen molar-refractivity contribution in [3.05, 3.63) is 77.2 Å². The first-order chi connectivity index (χ1) is 7.43. The Morgan fingerprint density at radius 2 is 1.13 bits per heavy atom. The fourth-order valence-electron chi connectivity index (χ4n) is 0.931. The highest BCUT2D eigenvalue weighted by Gasteiger charge is 1.78. The van der Waals surface area contributed by atoms with Gasteiger partial charge in [-0.25, -0.2) is 0 Å². The van der Waals surface area contributed by atoms with Crippen molar-refractivity contribution in [2.75, 3.05) is 0 Å². The molecule has 0 N–H and O–H groups in total. The lowest BCUT2D eigenvalue weighted by Gasteiger charge is -1.83. The largest absolute Gasteiger partial charge is 0.0623 e. The van der Waals surface area contributed by atoms with E-state index in [0.717, 1.165) is 0 Å². The molecule has 0 atom stereocenters. The van der Waals surface area contributed by atoms with E-state index in [2.05, 4.69) is 10.0 Å². The molecule has 15 heavy (non-hydrogen) atoms. The minimum Gasteiger partial charge on any atom is -0.0623 e. The first-order valence-corrected chi connectivity index (χ1v) is 4.53. The molecule has 0 saturated carbocycles. The standard InChI is InChI=1S/C6H5N3.C6H6/c7-9-8-6-4-2-1-3-5-6;1-2-4-6-5-3-1/h1-5H;1-6H. The summed E-state index contributed by atoms with van der Waals surface area (Å²) in [5.74, 6) is 0. The molecular formula is C12H11N3. The second-order valence-corrected chi connectivity index (χ2v) is 2.68. The van der Waals surface area contributed by atoms with E-state index < -0.39 is 0 Å². The van der Waals surface area contributed by atoms with Gasteiger partial charge in [0.2, 0.25) is 0 Å². The second kappa shape index (κ2) is 7.18. The van der Waals surface area contributed by atoms with Crippen LogP contribution in [0.2, 0.25) is 0 Å². The normalized spacial score (nSPS) is 8.00. The van der Waals surface area contributed by atoms with Gasteiger partial charge < -0.3 is 0 Å². The van der Waals surface area contributed by atoms with Crippen LogP contribution in [0.25, 0.3) is 10.4 Å². The summed E-state index contributed by atoms with van der Waals surface area (Å²) in [6, 6.07) is 21.0. The van der Waals surface area contributed by atoms with E-state index in [0.29, 0.717) is 5.69 Å². The number of hydrogen-bond donors (Lipinski definition) is 0. The third-order valence-corrected chi connectivity index (χ3v) is 1.58. The molecule has 2 aromatic rings. The van der Waals surface area contributed by atoms with Crippen LogP contribution in [-0.4, -0.2) is 0 Å². The van der Waals surface area contributed by atoms with Crippen molar-refractivity contribution >= 4 is 5.69 Å². The molecule has 0 bridgehead atoms. The predicted octanol–water partition coefficient (Wildman–Crippen LogP) is 4.32. The number of hydrogen-bond acceptors (Lipinski definition) is 1. The van der Waals surface area contributed by atoms with Crippen LogP contribution in [0.15, 0.2) is 71.8 Å². The van der Waals surface area contributed by atoms with Gasteiger partial charge in [0.1, 0.15) is 0 Å². The summed E-state index contributed by atoms with van der Waals surface area (Å²) in [6.45, 7) is 0. The minimum absolute atomic E-state index is 0.653. The fourth-order valence-corrected chi connectivity index (χ4v) is 0.931. The summed E-state index contributed by atoms with van der Waals surface area (Å²) in [6.07, 6.45) is 0. The molecule has 0 aliphatic rings. The molecule has 0 unspecified atom stereocenters. The topological polar surface area (TPSA) is 48.8 Å². The van der Waals surface area contributed by atoms with Crippen molar-refractivity contribution in [2.24, 2.45) is 5.11 Å². The average Bonchev–Trinajstić information content (AvgIpc) is 2.34. The summed E-state index contributed by atoms with van der Waals surface area (Å²) in [7, 11) is 0. The SMILES string of the molecule is [N-]=[N+]=Nc1ccccc1.c1ccccc1. The molecule has 2 rings (SSSR count). The third-order valence-electron chi connectivity index (χ3n) is 1.58. The molecular weight excluding hydrogens is 186 g/mol. The van der Waals surface area contributed by atoms with Gasteiger partial charge in [-0.2, -0.15) is 0 Å². The van der Waals surface area contributed by atoms with Gasteiger partial charge in [-0.15, -0.1) is 0 Å². The lowest BCUT2D eigenvalue weighted by atomic mass is 10.3. The smallest absolute Gasteiger partial charge is 0.0375 e. The van der Waals surface area contributed by atoms with E-state index in [-0.39, 0.29) is 0 Å². The first kappa shape index (κ1) is 10.8. The number of benzene rings is 2. The highest BCUT2D eigenvalue weighted by atomic mass is 15.1. The highest BCUT2D eigenvalue weighted by molar-refractivity contribution is 5.35. The molecule has 0 radical (unpaired) electrons. The van der Waals surface area contributed by atoms with Gasteiger partial charge in [0.25, 0.3) is 0 Å². The molecule has 0 aromatic heterocycles. The van der Waals surface area contributed by atoms with Gasteiger partial charge in [-0.3, -0.25) is 0 Å². The van der Waals surface area contributed by atoms with E-state index in [1.807, 2.05) is 54.6 Å². The average molecular weight is 197 g/mol. The molecule has 0 heterocycles. The third kappa shape index (κ3) is 5.13. The lowest BCUT2D eigenvalue weighted by molar-refractivity contribution is 1.48. The Kier molecular flexibility index (Phi) is 5.18. The second-order valence-electron chi connectivity index (χ2n) is 2.68. The molecule has 0 fully saturated rings. The molecule has 0 aliphatic heterocycles. The van der Waals surface area contributed by atoms with Crippen LogP contribution >= 0.6 is 0 Å². The fraction of sp³-hybridized carbons (Fsp3) is 0. The summed E-state index contributed by atoms with van der Waals surface area (Å²) in [5.41, 5.74) is 8.63. The molecule has 0 aliphatic carbocycles. The Morgan fingerprint density at radius 1 is 0.733 bits per heavy atom. The van der Waals surface area contributed by atoms with Crippen molar-refractivity contribution in [3.8, 4) is 0 Å². The molecule has 0 spiro atoms. The van der Waals surface area contributed by atoms with Gasteiger partial charge in [-0.05, 0) is 5.53 Å². The van der Waals surface area contributed by atoms with Gasteiger partial charge in [-0.1, -0.05) is 71.8 Å². The minimum atomic E-state index is 0.653. The monoisotopic (exact) mass is 197 g/mol. The lowest BCUT2D eigenvalue weighted by Crippen LogP contribution is -1.56. The van der Waals surface area contributed by atoms with Crippen molar-refractivity contribution in [3.63, 3.8) is 0 Å². The van der Waals surface area contributed by atoms with Crippen LogP contribution in [0.1, 0.15) is 0 Å². The Morgan fingerprint density at radius 3 is 1.53 bits per heavy atom. The quantitative estimate of drug-likeness (QED) is 0.371. The van der Waals surface area contributed by atoms with E-state index in [1.54, 1.807) is 12.1 Å². The Balaban J connectivity index is 0.000000162. The summed E-state index contributed by atoms with van der Waals surface area (Å²) >= 11 is 0. The molecule has 2 aromatic carbocycles. The zero-order chi connectivity index (χ0) is 10.8. The van der Waals surface area contributed by atoms with E-state index in [4.69, 9.17) is 5.53 Å². The van der Waals surface area contributed by atoms with Crippen molar-refractivity contribution < 1.29 is 0 Å². The van der Waals surface area contributed by atoms with E-state index in [9.17, 15) is 0 Å². The van der Waals surface area contributed by atoms with Crippen molar-refractivity contribution in [2.45, 2.75) is 0 Å². The Bertz CT molecular complexity index is 379. The molecule has 3 nitrogen and oxygen atoms in total. The van der Waals surface area contributed by atoms with Crippen LogP contribution in [0, 0.1) is 0 Å². The van der Waals surface area contributed by atoms with Crippen LogP contribution in [0.4, 0.5) is 5.69 Å². The van der Waals surface area contributed by atoms with Gasteiger partial charge >= 0.3 is 0 Å². The van der Waals surface area contributed by atoms with Crippen LogP contribution in [0.3, 0.4) is 0 Å². The Hall–Kier alpha value is -2.25. The predicted molar refractivity (Wildman–Crippen MR) is 61.7 cm³/mol. The molecule has 3 heteroatoms. The van der Waals surface area contributed by atoms with Crippen molar-refractivity contribution in [1.29, 1.82) is 0 Å². The maximum absolute atomic E-state index is 7.98. The Labute approximate surface area is 88.6 Å². The maximum atomic E-state index is 7.98. The van der Waals surface area contributed by atoms with Crippen LogP contribution in [0.5, 0.6) is 0 Å². The number of rotatable bonds is 1. The van der Waals surface area contributed by atoms with Gasteiger partial charge in [0, 0.05) is 10.6 Å². The van der Waals surface area contributed by atoms with Gasteiger partial charge in [0.05, 0.1) is 0 Å². The number of azide groups is 1. The zero-order valence-electron chi connectivity index (χ0n) is 8.19. The molecule has 74 valence electrons.